The third-order valence-corrected chi connectivity index (χ3v) is 3.40. The Morgan fingerprint density at radius 1 is 1.35 bits per heavy atom. The minimum absolute atomic E-state index is 0.185. The number of fused-ring (bicyclic) bond motifs is 1. The Morgan fingerprint density at radius 3 is 2.85 bits per heavy atom. The fraction of sp³-hybridized carbons (Fsp3) is 0.214. The highest BCUT2D eigenvalue weighted by atomic mass is 19.1. The van der Waals surface area contributed by atoms with Crippen molar-refractivity contribution in [2.45, 2.75) is 20.4 Å². The summed E-state index contributed by atoms with van der Waals surface area (Å²) in [5.74, 6) is -0.399. The van der Waals surface area contributed by atoms with E-state index < -0.39 is 5.82 Å². The molecule has 0 bridgehead atoms. The molecule has 5 nitrogen and oxygen atoms in total. The largest absolute Gasteiger partial charge is 0.294 e. The van der Waals surface area contributed by atoms with Crippen LogP contribution < -0.4 is 5.56 Å². The van der Waals surface area contributed by atoms with Gasteiger partial charge in [0.25, 0.3) is 5.56 Å². The maximum absolute atomic E-state index is 13.1. The van der Waals surface area contributed by atoms with Gasteiger partial charge < -0.3 is 0 Å². The summed E-state index contributed by atoms with van der Waals surface area (Å²) in [5, 5.41) is 7.40. The number of nitrogens with one attached hydrogen (secondary N) is 1. The van der Waals surface area contributed by atoms with Crippen LogP contribution in [-0.2, 0) is 6.54 Å². The summed E-state index contributed by atoms with van der Waals surface area (Å²) in [7, 11) is 0. The predicted molar refractivity (Wildman–Crippen MR) is 73.1 cm³/mol. The molecular formula is C14H13FN4O. The third kappa shape index (κ3) is 1.99. The van der Waals surface area contributed by atoms with Crippen LogP contribution in [0.15, 0.2) is 29.3 Å². The fourth-order valence-electron chi connectivity index (χ4n) is 2.22. The van der Waals surface area contributed by atoms with E-state index in [0.29, 0.717) is 17.4 Å². The van der Waals surface area contributed by atoms with Crippen LogP contribution in [0.5, 0.6) is 0 Å². The molecule has 0 saturated carbocycles. The fourth-order valence-corrected chi connectivity index (χ4v) is 2.22. The molecule has 3 aromatic rings. The average molecular weight is 272 g/mol. The van der Waals surface area contributed by atoms with Crippen molar-refractivity contribution in [3.8, 4) is 0 Å². The molecule has 0 saturated heterocycles. The van der Waals surface area contributed by atoms with Crippen molar-refractivity contribution in [3.63, 3.8) is 0 Å². The van der Waals surface area contributed by atoms with Gasteiger partial charge in [-0.3, -0.25) is 14.5 Å². The minimum Gasteiger partial charge on any atom is -0.294 e. The monoisotopic (exact) mass is 272 g/mol. The van der Waals surface area contributed by atoms with Crippen LogP contribution in [0.2, 0.25) is 0 Å². The summed E-state index contributed by atoms with van der Waals surface area (Å²) in [6.45, 7) is 4.19. The van der Waals surface area contributed by atoms with E-state index in [-0.39, 0.29) is 5.56 Å². The van der Waals surface area contributed by atoms with Gasteiger partial charge >= 0.3 is 0 Å². The maximum atomic E-state index is 13.1. The van der Waals surface area contributed by atoms with Gasteiger partial charge in [0, 0.05) is 17.3 Å². The molecule has 3 rings (SSSR count). The van der Waals surface area contributed by atoms with E-state index in [2.05, 4.69) is 15.2 Å². The lowest BCUT2D eigenvalue weighted by Gasteiger charge is -2.07. The molecule has 20 heavy (non-hydrogen) atoms. The lowest BCUT2D eigenvalue weighted by molar-refractivity contribution is 0.629. The van der Waals surface area contributed by atoms with Crippen LogP contribution in [0, 0.1) is 19.7 Å². The normalized spacial score (nSPS) is 11.2. The van der Waals surface area contributed by atoms with Crippen molar-refractivity contribution in [2.24, 2.45) is 0 Å². The van der Waals surface area contributed by atoms with Gasteiger partial charge in [-0.1, -0.05) is 0 Å². The minimum atomic E-state index is -0.399. The number of hydrogen-bond acceptors (Lipinski definition) is 3. The summed E-state index contributed by atoms with van der Waals surface area (Å²) in [5.41, 5.74) is 2.93. The Bertz CT molecular complexity index is 830. The molecule has 2 heterocycles. The number of H-pyrrole nitrogens is 1. The Morgan fingerprint density at radius 2 is 2.15 bits per heavy atom. The van der Waals surface area contributed by atoms with Crippen molar-refractivity contribution in [1.29, 1.82) is 0 Å². The van der Waals surface area contributed by atoms with Gasteiger partial charge in [0.1, 0.15) is 5.82 Å². The van der Waals surface area contributed by atoms with E-state index in [1.165, 1.54) is 29.1 Å². The summed E-state index contributed by atoms with van der Waals surface area (Å²) >= 11 is 0. The molecule has 0 atom stereocenters. The van der Waals surface area contributed by atoms with Gasteiger partial charge in [-0.2, -0.15) is 5.10 Å². The molecule has 0 fully saturated rings. The highest BCUT2D eigenvalue weighted by Gasteiger charge is 2.10. The third-order valence-electron chi connectivity index (χ3n) is 3.40. The van der Waals surface area contributed by atoms with E-state index in [9.17, 15) is 9.18 Å². The SMILES string of the molecule is Cc1n[nH]c(C)c1Cn1cnc2cc(F)ccc2c1=O. The molecule has 2 aromatic heterocycles. The van der Waals surface area contributed by atoms with Crippen molar-refractivity contribution in [2.75, 3.05) is 0 Å². The molecule has 6 heteroatoms. The van der Waals surface area contributed by atoms with Crippen LogP contribution >= 0.6 is 0 Å². The Hall–Kier alpha value is -2.50. The first kappa shape index (κ1) is 12.5. The Balaban J connectivity index is 2.12. The molecule has 1 aromatic carbocycles. The standard InChI is InChI=1S/C14H13FN4O/c1-8-12(9(2)18-17-8)6-19-7-16-13-5-10(15)3-4-11(13)14(19)20/h3-5,7H,6H2,1-2H3,(H,17,18). The first-order valence-electron chi connectivity index (χ1n) is 6.21. The molecular weight excluding hydrogens is 259 g/mol. The first-order chi connectivity index (χ1) is 9.56. The van der Waals surface area contributed by atoms with E-state index in [1.54, 1.807) is 0 Å². The van der Waals surface area contributed by atoms with E-state index in [0.717, 1.165) is 17.0 Å². The zero-order valence-electron chi connectivity index (χ0n) is 11.1. The Labute approximate surface area is 114 Å². The second kappa shape index (κ2) is 4.56. The lowest BCUT2D eigenvalue weighted by Crippen LogP contribution is -2.21. The van der Waals surface area contributed by atoms with E-state index in [4.69, 9.17) is 0 Å². The number of hydrogen-bond donors (Lipinski definition) is 1. The van der Waals surface area contributed by atoms with Gasteiger partial charge in [-0.15, -0.1) is 0 Å². The summed E-state index contributed by atoms with van der Waals surface area (Å²) in [4.78, 5) is 16.5. The second-order valence-electron chi connectivity index (χ2n) is 4.75. The number of rotatable bonds is 2. The smallest absolute Gasteiger partial charge is 0.261 e. The van der Waals surface area contributed by atoms with Crippen LogP contribution in [0.25, 0.3) is 10.9 Å². The highest BCUT2D eigenvalue weighted by Crippen LogP contribution is 2.12. The average Bonchev–Trinajstić information content (AvgIpc) is 2.73. The van der Waals surface area contributed by atoms with Crippen LogP contribution in [0.3, 0.4) is 0 Å². The topological polar surface area (TPSA) is 63.6 Å². The summed E-state index contributed by atoms with van der Waals surface area (Å²) in [6, 6.07) is 3.99. The molecule has 0 aliphatic heterocycles. The van der Waals surface area contributed by atoms with Gasteiger partial charge in [0.15, 0.2) is 0 Å². The maximum Gasteiger partial charge on any atom is 0.261 e. The summed E-state index contributed by atoms with van der Waals surface area (Å²) < 4.78 is 14.6. The second-order valence-corrected chi connectivity index (χ2v) is 4.75. The quantitative estimate of drug-likeness (QED) is 0.775. The molecule has 0 spiro atoms. The first-order valence-corrected chi connectivity index (χ1v) is 6.21. The zero-order valence-corrected chi connectivity index (χ0v) is 11.1. The Kier molecular flexibility index (Phi) is 2.85. The van der Waals surface area contributed by atoms with Crippen molar-refractivity contribution in [3.05, 3.63) is 57.6 Å². The number of benzene rings is 1. The van der Waals surface area contributed by atoms with Crippen LogP contribution in [0.1, 0.15) is 17.0 Å². The molecule has 0 amide bonds. The number of nitrogens with zero attached hydrogens (tertiary/aromatic N) is 3. The van der Waals surface area contributed by atoms with Gasteiger partial charge in [-0.05, 0) is 26.0 Å². The van der Waals surface area contributed by atoms with Crippen LogP contribution in [-0.4, -0.2) is 19.7 Å². The number of aromatic amines is 1. The highest BCUT2D eigenvalue weighted by molar-refractivity contribution is 5.77. The van der Waals surface area contributed by atoms with Crippen LogP contribution in [0.4, 0.5) is 4.39 Å². The number of halogens is 1. The molecule has 0 aliphatic carbocycles. The predicted octanol–water partition coefficient (Wildman–Crippen LogP) is 1.92. The van der Waals surface area contributed by atoms with E-state index in [1.807, 2.05) is 13.8 Å². The number of aromatic nitrogens is 4. The van der Waals surface area contributed by atoms with E-state index >= 15 is 0 Å². The molecule has 0 unspecified atom stereocenters. The van der Waals surface area contributed by atoms with Gasteiger partial charge in [-0.25, -0.2) is 9.37 Å². The lowest BCUT2D eigenvalue weighted by atomic mass is 10.2. The van der Waals surface area contributed by atoms with Crippen molar-refractivity contribution >= 4 is 10.9 Å². The van der Waals surface area contributed by atoms with Crippen molar-refractivity contribution < 1.29 is 4.39 Å². The van der Waals surface area contributed by atoms with Crippen molar-refractivity contribution in [1.82, 2.24) is 19.7 Å². The molecule has 1 N–H and O–H groups in total. The molecule has 0 radical (unpaired) electrons. The zero-order chi connectivity index (χ0) is 14.3. The van der Waals surface area contributed by atoms with Gasteiger partial charge in [0.2, 0.25) is 0 Å². The molecule has 0 aliphatic rings. The number of aryl methyl sites for hydroxylation is 2. The summed E-state index contributed by atoms with van der Waals surface area (Å²) in [6.07, 6.45) is 1.44. The van der Waals surface area contributed by atoms with Gasteiger partial charge in [0.05, 0.1) is 29.5 Å². The molecule has 102 valence electrons.